The van der Waals surface area contributed by atoms with Crippen molar-refractivity contribution in [1.82, 2.24) is 19.6 Å². The number of nitrogens with zero attached hydrogens (tertiary/aromatic N) is 5. The number of hydrogen-bond acceptors (Lipinski definition) is 6. The highest BCUT2D eigenvalue weighted by Crippen LogP contribution is 2.28. The number of carbonyl (C=O) groups is 1. The zero-order chi connectivity index (χ0) is 23.0. The van der Waals surface area contributed by atoms with E-state index in [4.69, 9.17) is 0 Å². The van der Waals surface area contributed by atoms with E-state index in [0.29, 0.717) is 29.2 Å². The Bertz CT molecular complexity index is 1410. The summed E-state index contributed by atoms with van der Waals surface area (Å²) in [4.78, 5) is 15.9. The van der Waals surface area contributed by atoms with Gasteiger partial charge in [0.15, 0.2) is 5.82 Å². The number of anilines is 2. The largest absolute Gasteiger partial charge is 0.326 e. The van der Waals surface area contributed by atoms with E-state index in [2.05, 4.69) is 34.3 Å². The number of hydrogen-bond donors (Lipinski definition) is 1. The lowest BCUT2D eigenvalue weighted by Crippen LogP contribution is -2.28. The van der Waals surface area contributed by atoms with Crippen LogP contribution in [-0.2, 0) is 21.2 Å². The molecule has 2 aromatic carbocycles. The predicted octanol–water partition coefficient (Wildman–Crippen LogP) is 3.26. The maximum Gasteiger partial charge on any atom is 0.265 e. The molecule has 0 spiro atoms. The maximum atomic E-state index is 13.4. The standard InChI is InChI=1S/C22H24N6O3S/c1-14(2)13-20-25-26-22-21(24-18-7-5-6-8-19(18)28(20)22)27(4)32(30,31)17-11-9-16(10-12-17)23-15(3)29/h5-12,14H,13H2,1-4H3,(H,23,29). The van der Waals surface area contributed by atoms with Crippen LogP contribution in [0.25, 0.3) is 16.7 Å². The Morgan fingerprint density at radius 2 is 1.78 bits per heavy atom. The minimum Gasteiger partial charge on any atom is -0.326 e. The third-order valence-corrected chi connectivity index (χ3v) is 6.76. The lowest BCUT2D eigenvalue weighted by Gasteiger charge is -2.20. The summed E-state index contributed by atoms with van der Waals surface area (Å²) in [5.74, 6) is 1.06. The molecule has 1 amide bonds. The van der Waals surface area contributed by atoms with Gasteiger partial charge in [-0.05, 0) is 42.3 Å². The van der Waals surface area contributed by atoms with Gasteiger partial charge in [0.05, 0.1) is 15.9 Å². The Labute approximate surface area is 186 Å². The van der Waals surface area contributed by atoms with E-state index in [1.54, 1.807) is 12.1 Å². The third kappa shape index (κ3) is 3.89. The molecule has 0 aliphatic rings. The number of para-hydroxylation sites is 2. The van der Waals surface area contributed by atoms with Gasteiger partial charge in [0.25, 0.3) is 10.0 Å². The summed E-state index contributed by atoms with van der Waals surface area (Å²) in [6.07, 6.45) is 0.690. The third-order valence-electron chi connectivity index (χ3n) is 5.00. The number of sulfonamides is 1. The van der Waals surface area contributed by atoms with Gasteiger partial charge in [-0.2, -0.15) is 0 Å². The Morgan fingerprint density at radius 1 is 1.09 bits per heavy atom. The average Bonchev–Trinajstić information content (AvgIpc) is 3.16. The van der Waals surface area contributed by atoms with Gasteiger partial charge in [-0.1, -0.05) is 26.0 Å². The van der Waals surface area contributed by atoms with Crippen molar-refractivity contribution in [2.45, 2.75) is 32.1 Å². The van der Waals surface area contributed by atoms with Crippen molar-refractivity contribution < 1.29 is 13.2 Å². The Morgan fingerprint density at radius 3 is 2.44 bits per heavy atom. The molecule has 0 saturated carbocycles. The second-order valence-corrected chi connectivity index (χ2v) is 9.94. The minimum atomic E-state index is -3.93. The van der Waals surface area contributed by atoms with Crippen LogP contribution in [0.5, 0.6) is 0 Å². The summed E-state index contributed by atoms with van der Waals surface area (Å²) >= 11 is 0. The predicted molar refractivity (Wildman–Crippen MR) is 123 cm³/mol. The molecule has 4 aromatic rings. The molecule has 9 nitrogen and oxygen atoms in total. The van der Waals surface area contributed by atoms with E-state index < -0.39 is 10.0 Å². The van der Waals surface area contributed by atoms with E-state index >= 15 is 0 Å². The van der Waals surface area contributed by atoms with Gasteiger partial charge in [-0.3, -0.25) is 9.20 Å². The fourth-order valence-corrected chi connectivity index (χ4v) is 4.67. The summed E-state index contributed by atoms with van der Waals surface area (Å²) in [7, 11) is -2.48. The highest BCUT2D eigenvalue weighted by Gasteiger charge is 2.27. The van der Waals surface area contributed by atoms with Crippen LogP contribution in [-0.4, -0.2) is 41.0 Å². The maximum absolute atomic E-state index is 13.4. The van der Waals surface area contributed by atoms with Gasteiger partial charge in [0, 0.05) is 26.1 Å². The SMILES string of the molecule is CC(=O)Nc1ccc(S(=O)(=O)N(C)c2nc3ccccc3n3c(CC(C)C)nnc23)cc1. The summed E-state index contributed by atoms with van der Waals surface area (Å²) in [6, 6.07) is 13.5. The topological polar surface area (TPSA) is 110 Å². The number of fused-ring (bicyclic) bond motifs is 3. The molecule has 10 heteroatoms. The van der Waals surface area contributed by atoms with Gasteiger partial charge in [0.1, 0.15) is 5.82 Å². The first-order valence-electron chi connectivity index (χ1n) is 10.2. The fourth-order valence-electron chi connectivity index (χ4n) is 3.52. The zero-order valence-electron chi connectivity index (χ0n) is 18.3. The molecule has 0 aliphatic heterocycles. The van der Waals surface area contributed by atoms with Crippen molar-refractivity contribution in [2.24, 2.45) is 5.92 Å². The number of amides is 1. The first-order valence-corrected chi connectivity index (χ1v) is 11.6. The van der Waals surface area contributed by atoms with Gasteiger partial charge in [-0.15, -0.1) is 10.2 Å². The Balaban J connectivity index is 1.84. The fraction of sp³-hybridized carbons (Fsp3) is 0.273. The summed E-state index contributed by atoms with van der Waals surface area (Å²) < 4.78 is 29.7. The molecule has 2 heterocycles. The molecule has 0 aliphatic carbocycles. The first-order chi connectivity index (χ1) is 15.2. The van der Waals surface area contributed by atoms with Gasteiger partial charge in [0.2, 0.25) is 11.6 Å². The summed E-state index contributed by atoms with van der Waals surface area (Å²) in [5.41, 5.74) is 2.35. The van der Waals surface area contributed by atoms with Crippen LogP contribution in [0.4, 0.5) is 11.5 Å². The molecule has 0 fully saturated rings. The molecule has 2 aromatic heterocycles. The molecule has 0 atom stereocenters. The van der Waals surface area contributed by atoms with E-state index in [1.807, 2.05) is 28.7 Å². The minimum absolute atomic E-state index is 0.0733. The summed E-state index contributed by atoms with van der Waals surface area (Å²) in [5, 5.41) is 11.3. The average molecular weight is 453 g/mol. The van der Waals surface area contributed by atoms with Crippen molar-refractivity contribution in [3.8, 4) is 0 Å². The second-order valence-electron chi connectivity index (χ2n) is 7.98. The molecule has 0 unspecified atom stereocenters. The van der Waals surface area contributed by atoms with Crippen LogP contribution in [0.2, 0.25) is 0 Å². The number of benzene rings is 2. The van der Waals surface area contributed by atoms with Gasteiger partial charge < -0.3 is 5.32 Å². The van der Waals surface area contributed by atoms with Crippen molar-refractivity contribution in [3.05, 3.63) is 54.4 Å². The highest BCUT2D eigenvalue weighted by atomic mass is 32.2. The molecule has 0 bridgehead atoms. The van der Waals surface area contributed by atoms with Crippen LogP contribution >= 0.6 is 0 Å². The number of rotatable bonds is 6. The smallest absolute Gasteiger partial charge is 0.265 e. The number of nitrogens with one attached hydrogen (secondary N) is 1. The van der Waals surface area contributed by atoms with Crippen molar-refractivity contribution in [1.29, 1.82) is 0 Å². The Kier molecular flexibility index (Phi) is 5.55. The van der Waals surface area contributed by atoms with E-state index in [1.165, 1.54) is 26.1 Å². The summed E-state index contributed by atoms with van der Waals surface area (Å²) in [6.45, 7) is 5.57. The van der Waals surface area contributed by atoms with Crippen LogP contribution < -0.4 is 9.62 Å². The van der Waals surface area contributed by atoms with Gasteiger partial charge in [-0.25, -0.2) is 17.7 Å². The molecule has 166 valence electrons. The van der Waals surface area contributed by atoms with Crippen molar-refractivity contribution >= 4 is 44.1 Å². The molecular weight excluding hydrogens is 428 g/mol. The second kappa shape index (κ2) is 8.19. The number of aromatic nitrogens is 4. The molecule has 4 rings (SSSR count). The van der Waals surface area contributed by atoms with Crippen LogP contribution in [0.15, 0.2) is 53.4 Å². The first kappa shape index (κ1) is 21.7. The van der Waals surface area contributed by atoms with Gasteiger partial charge >= 0.3 is 0 Å². The lowest BCUT2D eigenvalue weighted by atomic mass is 10.1. The molecule has 1 N–H and O–H groups in total. The van der Waals surface area contributed by atoms with Crippen LogP contribution in [0.1, 0.15) is 26.6 Å². The normalized spacial score (nSPS) is 11.9. The van der Waals surface area contributed by atoms with E-state index in [-0.39, 0.29) is 16.6 Å². The molecule has 32 heavy (non-hydrogen) atoms. The lowest BCUT2D eigenvalue weighted by molar-refractivity contribution is -0.114. The van der Waals surface area contributed by atoms with Crippen molar-refractivity contribution in [2.75, 3.05) is 16.7 Å². The van der Waals surface area contributed by atoms with Crippen molar-refractivity contribution in [3.63, 3.8) is 0 Å². The molecular formula is C22H24N6O3S. The monoisotopic (exact) mass is 452 g/mol. The molecule has 0 saturated heterocycles. The van der Waals surface area contributed by atoms with E-state index in [9.17, 15) is 13.2 Å². The number of carbonyl (C=O) groups excluding carboxylic acids is 1. The quantitative estimate of drug-likeness (QED) is 0.481. The van der Waals surface area contributed by atoms with Crippen LogP contribution in [0.3, 0.4) is 0 Å². The molecule has 0 radical (unpaired) electrons. The highest BCUT2D eigenvalue weighted by molar-refractivity contribution is 7.92. The van der Waals surface area contributed by atoms with Crippen LogP contribution in [0, 0.1) is 5.92 Å². The Hall–Kier alpha value is -3.53. The zero-order valence-corrected chi connectivity index (χ0v) is 19.1. The van der Waals surface area contributed by atoms with E-state index in [0.717, 1.165) is 15.6 Å².